The van der Waals surface area contributed by atoms with Gasteiger partial charge in [-0.2, -0.15) is 0 Å². The molecule has 0 radical (unpaired) electrons. The molecule has 0 aliphatic heterocycles. The number of carbonyl (C=O) groups is 1. The minimum atomic E-state index is -0.356. The quantitative estimate of drug-likeness (QED) is 0.671. The van der Waals surface area contributed by atoms with Crippen molar-refractivity contribution in [3.8, 4) is 0 Å². The summed E-state index contributed by atoms with van der Waals surface area (Å²) in [4.78, 5) is 12.1. The summed E-state index contributed by atoms with van der Waals surface area (Å²) in [7, 11) is 0. The van der Waals surface area contributed by atoms with Gasteiger partial charge in [-0.15, -0.1) is 11.3 Å². The van der Waals surface area contributed by atoms with E-state index in [4.69, 9.17) is 10.5 Å². The van der Waals surface area contributed by atoms with Crippen molar-refractivity contribution in [3.05, 3.63) is 21.9 Å². The van der Waals surface area contributed by atoms with E-state index < -0.39 is 0 Å². The number of nitrogens with one attached hydrogen (secondary N) is 1. The van der Waals surface area contributed by atoms with Crippen LogP contribution in [0.1, 0.15) is 34.5 Å². The maximum Gasteiger partial charge on any atom is 0.249 e. The Morgan fingerprint density at radius 1 is 1.56 bits per heavy atom. The first-order valence-corrected chi connectivity index (χ1v) is 7.29. The maximum atomic E-state index is 10.9. The highest BCUT2D eigenvalue weighted by molar-refractivity contribution is 7.10. The maximum absolute atomic E-state index is 10.9. The summed E-state index contributed by atoms with van der Waals surface area (Å²) in [6.45, 7) is 3.50. The first-order chi connectivity index (χ1) is 8.75. The summed E-state index contributed by atoms with van der Waals surface area (Å²) in [5, 5.41) is 5.14. The Hall–Kier alpha value is -0.910. The van der Waals surface area contributed by atoms with Crippen LogP contribution in [0.2, 0.25) is 0 Å². The monoisotopic (exact) mass is 268 g/mol. The van der Waals surface area contributed by atoms with Crippen LogP contribution >= 0.6 is 11.3 Å². The van der Waals surface area contributed by atoms with Crippen LogP contribution in [0.3, 0.4) is 0 Å². The summed E-state index contributed by atoms with van der Waals surface area (Å²) >= 11 is 1.56. The van der Waals surface area contributed by atoms with Crippen LogP contribution in [0.4, 0.5) is 0 Å². The van der Waals surface area contributed by atoms with Gasteiger partial charge in [0.25, 0.3) is 0 Å². The molecule has 1 aliphatic carbocycles. The number of hydrogen-bond donors (Lipinski definition) is 2. The highest BCUT2D eigenvalue weighted by Gasteiger charge is 2.20. The van der Waals surface area contributed by atoms with Gasteiger partial charge >= 0.3 is 0 Å². The smallest absolute Gasteiger partial charge is 0.249 e. The van der Waals surface area contributed by atoms with Gasteiger partial charge in [0.15, 0.2) is 0 Å². The third-order valence-corrected chi connectivity index (χ3v) is 3.87. The van der Waals surface area contributed by atoms with Crippen LogP contribution in [0.5, 0.6) is 0 Å². The van der Waals surface area contributed by atoms with E-state index in [1.165, 1.54) is 12.8 Å². The second-order valence-corrected chi connectivity index (χ2v) is 5.71. The van der Waals surface area contributed by atoms with Crippen molar-refractivity contribution in [1.29, 1.82) is 0 Å². The van der Waals surface area contributed by atoms with Gasteiger partial charge in [-0.1, -0.05) is 0 Å². The lowest BCUT2D eigenvalue weighted by atomic mass is 10.3. The molecule has 1 fully saturated rings. The molecule has 1 heterocycles. The van der Waals surface area contributed by atoms with Crippen LogP contribution in [-0.4, -0.2) is 25.7 Å². The molecule has 3 N–H and O–H groups in total. The minimum Gasteiger partial charge on any atom is -0.381 e. The van der Waals surface area contributed by atoms with Gasteiger partial charge in [-0.3, -0.25) is 4.79 Å². The van der Waals surface area contributed by atoms with Crippen molar-refractivity contribution in [2.24, 2.45) is 11.7 Å². The van der Waals surface area contributed by atoms with Crippen LogP contribution in [0, 0.1) is 5.92 Å². The zero-order valence-electron chi connectivity index (χ0n) is 10.5. The molecular weight excluding hydrogens is 248 g/mol. The van der Waals surface area contributed by atoms with E-state index in [1.54, 1.807) is 16.7 Å². The Morgan fingerprint density at radius 2 is 2.39 bits per heavy atom. The van der Waals surface area contributed by atoms with Crippen LogP contribution < -0.4 is 11.1 Å². The molecule has 1 aromatic rings. The average Bonchev–Trinajstić information content (AvgIpc) is 3.04. The summed E-state index contributed by atoms with van der Waals surface area (Å²) in [6.07, 6.45) is 3.72. The Balaban J connectivity index is 1.49. The van der Waals surface area contributed by atoms with Crippen molar-refractivity contribution < 1.29 is 9.53 Å². The van der Waals surface area contributed by atoms with E-state index in [-0.39, 0.29) is 5.91 Å². The van der Waals surface area contributed by atoms with Crippen molar-refractivity contribution in [2.45, 2.75) is 25.8 Å². The highest BCUT2D eigenvalue weighted by Crippen LogP contribution is 2.28. The predicted molar refractivity (Wildman–Crippen MR) is 72.7 cm³/mol. The van der Waals surface area contributed by atoms with Crippen molar-refractivity contribution in [1.82, 2.24) is 5.32 Å². The molecule has 1 saturated carbocycles. The lowest BCUT2D eigenvalue weighted by molar-refractivity contribution is 0.100. The predicted octanol–water partition coefficient (Wildman–Crippen LogP) is 1.75. The largest absolute Gasteiger partial charge is 0.381 e. The number of ether oxygens (including phenoxy) is 1. The fourth-order valence-corrected chi connectivity index (χ4v) is 2.49. The summed E-state index contributed by atoms with van der Waals surface area (Å²) in [5.41, 5.74) is 5.80. The van der Waals surface area contributed by atoms with Gasteiger partial charge in [0.2, 0.25) is 5.91 Å². The minimum absolute atomic E-state index is 0.356. The number of primary amides is 1. The van der Waals surface area contributed by atoms with E-state index in [9.17, 15) is 4.79 Å². The van der Waals surface area contributed by atoms with Crippen molar-refractivity contribution >= 4 is 17.2 Å². The van der Waals surface area contributed by atoms with Crippen LogP contribution in [-0.2, 0) is 11.3 Å². The summed E-state index contributed by atoms with van der Waals surface area (Å²) < 4.78 is 5.55. The van der Waals surface area contributed by atoms with E-state index in [2.05, 4.69) is 5.32 Å². The van der Waals surface area contributed by atoms with E-state index in [0.29, 0.717) is 5.56 Å². The summed E-state index contributed by atoms with van der Waals surface area (Å²) in [6, 6.07) is 1.85. The molecule has 4 nitrogen and oxygen atoms in total. The topological polar surface area (TPSA) is 64.4 Å². The molecule has 18 heavy (non-hydrogen) atoms. The number of carbonyl (C=O) groups excluding carboxylic acids is 1. The number of nitrogens with two attached hydrogens (primary N) is 1. The van der Waals surface area contributed by atoms with E-state index in [0.717, 1.165) is 43.5 Å². The molecule has 100 valence electrons. The molecule has 0 unspecified atom stereocenters. The zero-order chi connectivity index (χ0) is 12.8. The zero-order valence-corrected chi connectivity index (χ0v) is 11.3. The highest BCUT2D eigenvalue weighted by atomic mass is 32.1. The molecule has 1 aliphatic rings. The van der Waals surface area contributed by atoms with Gasteiger partial charge in [0.05, 0.1) is 5.56 Å². The van der Waals surface area contributed by atoms with E-state index >= 15 is 0 Å². The number of hydrogen-bond acceptors (Lipinski definition) is 4. The molecule has 5 heteroatoms. The second kappa shape index (κ2) is 6.87. The lowest BCUT2D eigenvalue weighted by Crippen LogP contribution is -2.16. The lowest BCUT2D eigenvalue weighted by Gasteiger charge is -2.04. The third kappa shape index (κ3) is 4.76. The van der Waals surface area contributed by atoms with Gasteiger partial charge < -0.3 is 15.8 Å². The first-order valence-electron chi connectivity index (χ1n) is 6.41. The Bertz CT molecular complexity index is 388. The molecule has 0 aromatic carbocycles. The molecule has 2 rings (SSSR count). The molecule has 1 aromatic heterocycles. The average molecular weight is 268 g/mol. The van der Waals surface area contributed by atoms with Gasteiger partial charge in [-0.25, -0.2) is 0 Å². The first kappa shape index (κ1) is 13.5. The fraction of sp³-hybridized carbons (Fsp3) is 0.615. The standard InChI is InChI=1S/C13H20N2O2S/c14-13(16)11-6-12(18-9-11)7-15-4-1-5-17-8-10-2-3-10/h6,9-10,15H,1-5,7-8H2,(H2,14,16). The molecule has 0 atom stereocenters. The Kier molecular flexibility index (Phi) is 5.16. The Morgan fingerprint density at radius 3 is 3.06 bits per heavy atom. The molecule has 0 spiro atoms. The summed E-state index contributed by atoms with van der Waals surface area (Å²) in [5.74, 6) is 0.488. The molecule has 1 amide bonds. The Labute approximate surface area is 112 Å². The number of amides is 1. The molecule has 0 saturated heterocycles. The van der Waals surface area contributed by atoms with Gasteiger partial charge in [0, 0.05) is 30.0 Å². The fourth-order valence-electron chi connectivity index (χ4n) is 1.65. The van der Waals surface area contributed by atoms with Crippen LogP contribution in [0.15, 0.2) is 11.4 Å². The van der Waals surface area contributed by atoms with Gasteiger partial charge in [0.1, 0.15) is 0 Å². The number of rotatable bonds is 9. The second-order valence-electron chi connectivity index (χ2n) is 4.71. The normalized spacial score (nSPS) is 14.9. The van der Waals surface area contributed by atoms with Crippen molar-refractivity contribution in [3.63, 3.8) is 0 Å². The third-order valence-electron chi connectivity index (χ3n) is 2.93. The van der Waals surface area contributed by atoms with Crippen molar-refractivity contribution in [2.75, 3.05) is 19.8 Å². The molecule has 0 bridgehead atoms. The SMILES string of the molecule is NC(=O)c1csc(CNCCCOCC2CC2)c1. The van der Waals surface area contributed by atoms with E-state index in [1.807, 2.05) is 6.07 Å². The van der Waals surface area contributed by atoms with Crippen LogP contribution in [0.25, 0.3) is 0 Å². The molecular formula is C13H20N2O2S. The van der Waals surface area contributed by atoms with Gasteiger partial charge in [-0.05, 0) is 37.8 Å². The number of thiophene rings is 1.